The third-order valence-electron chi connectivity index (χ3n) is 6.29. The fourth-order valence-corrected chi connectivity index (χ4v) is 4.30. The Morgan fingerprint density at radius 2 is 1.47 bits per heavy atom. The number of anilines is 1. The Labute approximate surface area is 199 Å². The van der Waals surface area contributed by atoms with Crippen LogP contribution in [0.2, 0.25) is 0 Å². The van der Waals surface area contributed by atoms with Crippen LogP contribution >= 0.6 is 0 Å². The van der Waals surface area contributed by atoms with Gasteiger partial charge in [0.05, 0.1) is 5.56 Å². The van der Waals surface area contributed by atoms with Gasteiger partial charge in [-0.15, -0.1) is 0 Å². The summed E-state index contributed by atoms with van der Waals surface area (Å²) in [6.07, 6.45) is 2.78. The number of nitrogens with one attached hydrogen (secondary N) is 1. The molecule has 2 amide bonds. The number of phenolic OH excluding ortho intramolecular Hbond substituents is 1. The molecule has 3 aromatic rings. The number of piperidine rings is 1. The molecule has 0 unspecified atom stereocenters. The molecule has 2 N–H and O–H groups in total. The number of carbonyl (C=O) groups excluding carboxylic acids is 3. The highest BCUT2D eigenvalue weighted by atomic mass is 16.3. The number of Topliss-reactive ketones (excluding diaryl/α,β-unsaturated/α-hetero) is 1. The molecule has 0 radical (unpaired) electrons. The van der Waals surface area contributed by atoms with Crippen LogP contribution in [0, 0.1) is 5.92 Å². The fraction of sp³-hybridized carbons (Fsp3) is 0.250. The van der Waals surface area contributed by atoms with Crippen molar-refractivity contribution in [2.45, 2.75) is 25.7 Å². The molecular formula is C28H28N2O4. The molecule has 0 saturated carbocycles. The van der Waals surface area contributed by atoms with E-state index in [0.29, 0.717) is 42.2 Å². The summed E-state index contributed by atoms with van der Waals surface area (Å²) < 4.78 is 0. The van der Waals surface area contributed by atoms with E-state index in [2.05, 4.69) is 5.32 Å². The van der Waals surface area contributed by atoms with Crippen molar-refractivity contribution in [3.8, 4) is 5.75 Å². The number of aromatic hydroxyl groups is 1. The average Bonchev–Trinajstić information content (AvgIpc) is 2.88. The zero-order valence-corrected chi connectivity index (χ0v) is 18.9. The lowest BCUT2D eigenvalue weighted by Crippen LogP contribution is -2.38. The second-order valence-electron chi connectivity index (χ2n) is 8.62. The molecular weight excluding hydrogens is 428 g/mol. The summed E-state index contributed by atoms with van der Waals surface area (Å²) >= 11 is 0. The molecule has 174 valence electrons. The normalized spacial score (nSPS) is 13.9. The predicted octanol–water partition coefficient (Wildman–Crippen LogP) is 5.16. The molecule has 0 spiro atoms. The minimum absolute atomic E-state index is 0.0551. The Bertz CT molecular complexity index is 1150. The number of hydrogen-bond acceptors (Lipinski definition) is 4. The van der Waals surface area contributed by atoms with Crippen LogP contribution < -0.4 is 5.32 Å². The van der Waals surface area contributed by atoms with Gasteiger partial charge < -0.3 is 15.3 Å². The summed E-state index contributed by atoms with van der Waals surface area (Å²) in [4.78, 5) is 39.5. The van der Waals surface area contributed by atoms with Crippen LogP contribution in [-0.2, 0) is 0 Å². The van der Waals surface area contributed by atoms with Crippen molar-refractivity contribution in [1.82, 2.24) is 4.90 Å². The Morgan fingerprint density at radius 3 is 2.09 bits per heavy atom. The second kappa shape index (κ2) is 10.8. The standard InChI is InChI=1S/C28H28N2O4/c31-25(14-11-20-15-17-30(18-16-20)28(34)22-9-5-2-6-10-22)24-13-12-23(19-26(24)32)29-27(33)21-7-3-1-4-8-21/h1-10,12-13,19-20,32H,11,14-18H2,(H,29,33). The van der Waals surface area contributed by atoms with Crippen LogP contribution in [0.15, 0.2) is 78.9 Å². The van der Waals surface area contributed by atoms with Gasteiger partial charge in [0.15, 0.2) is 5.78 Å². The molecule has 3 aromatic carbocycles. The third-order valence-corrected chi connectivity index (χ3v) is 6.29. The first-order chi connectivity index (χ1) is 16.5. The minimum Gasteiger partial charge on any atom is -0.507 e. The lowest BCUT2D eigenvalue weighted by Gasteiger charge is -2.32. The highest BCUT2D eigenvalue weighted by molar-refractivity contribution is 6.05. The zero-order chi connectivity index (χ0) is 23.9. The van der Waals surface area contributed by atoms with Crippen LogP contribution in [0.1, 0.15) is 56.8 Å². The number of likely N-dealkylation sites (tertiary alicyclic amines) is 1. The van der Waals surface area contributed by atoms with Gasteiger partial charge in [-0.3, -0.25) is 14.4 Å². The largest absolute Gasteiger partial charge is 0.507 e. The molecule has 1 aliphatic rings. The summed E-state index contributed by atoms with van der Waals surface area (Å²) in [5.74, 6) is -0.119. The molecule has 0 aromatic heterocycles. The number of ketones is 1. The highest BCUT2D eigenvalue weighted by Gasteiger charge is 2.24. The van der Waals surface area contributed by atoms with E-state index in [-0.39, 0.29) is 28.9 Å². The molecule has 1 fully saturated rings. The van der Waals surface area contributed by atoms with Gasteiger partial charge in [0.25, 0.3) is 11.8 Å². The topological polar surface area (TPSA) is 86.7 Å². The summed E-state index contributed by atoms with van der Waals surface area (Å²) in [5, 5.41) is 13.1. The molecule has 4 rings (SSSR count). The van der Waals surface area contributed by atoms with Crippen molar-refractivity contribution in [3.05, 3.63) is 95.6 Å². The van der Waals surface area contributed by atoms with E-state index in [4.69, 9.17) is 0 Å². The zero-order valence-electron chi connectivity index (χ0n) is 18.9. The van der Waals surface area contributed by atoms with Crippen molar-refractivity contribution in [2.75, 3.05) is 18.4 Å². The summed E-state index contributed by atoms with van der Waals surface area (Å²) in [6.45, 7) is 1.38. The molecule has 1 heterocycles. The number of phenols is 1. The average molecular weight is 457 g/mol. The number of nitrogens with zero attached hydrogens (tertiary/aromatic N) is 1. The maximum Gasteiger partial charge on any atom is 0.255 e. The Balaban J connectivity index is 1.26. The molecule has 1 saturated heterocycles. The van der Waals surface area contributed by atoms with Crippen molar-refractivity contribution in [2.24, 2.45) is 5.92 Å². The molecule has 0 bridgehead atoms. The number of hydrogen-bond donors (Lipinski definition) is 2. The second-order valence-corrected chi connectivity index (χ2v) is 8.62. The van der Waals surface area contributed by atoms with Gasteiger partial charge in [0.1, 0.15) is 5.75 Å². The first-order valence-corrected chi connectivity index (χ1v) is 11.6. The van der Waals surface area contributed by atoms with E-state index in [1.807, 2.05) is 41.3 Å². The van der Waals surface area contributed by atoms with E-state index in [9.17, 15) is 19.5 Å². The Hall–Kier alpha value is -3.93. The highest BCUT2D eigenvalue weighted by Crippen LogP contribution is 2.27. The molecule has 1 aliphatic heterocycles. The van der Waals surface area contributed by atoms with Gasteiger partial charge in [0, 0.05) is 42.4 Å². The first-order valence-electron chi connectivity index (χ1n) is 11.6. The maximum absolute atomic E-state index is 12.7. The molecule has 0 atom stereocenters. The van der Waals surface area contributed by atoms with Gasteiger partial charge in [-0.05, 0) is 61.6 Å². The number of rotatable bonds is 7. The Morgan fingerprint density at radius 1 is 0.853 bits per heavy atom. The third kappa shape index (κ3) is 5.70. The summed E-state index contributed by atoms with van der Waals surface area (Å²) in [6, 6.07) is 22.7. The molecule has 0 aliphatic carbocycles. The fourth-order valence-electron chi connectivity index (χ4n) is 4.30. The van der Waals surface area contributed by atoms with Gasteiger partial charge >= 0.3 is 0 Å². The quantitative estimate of drug-likeness (QED) is 0.481. The van der Waals surface area contributed by atoms with Crippen LogP contribution in [0.5, 0.6) is 5.75 Å². The lowest BCUT2D eigenvalue weighted by molar-refractivity contribution is 0.0681. The molecule has 6 heteroatoms. The van der Waals surface area contributed by atoms with Gasteiger partial charge in [0.2, 0.25) is 0 Å². The smallest absolute Gasteiger partial charge is 0.255 e. The van der Waals surface area contributed by atoms with Gasteiger partial charge in [-0.1, -0.05) is 36.4 Å². The number of carbonyl (C=O) groups is 3. The van der Waals surface area contributed by atoms with E-state index < -0.39 is 0 Å². The van der Waals surface area contributed by atoms with Crippen LogP contribution in [0.25, 0.3) is 0 Å². The monoisotopic (exact) mass is 456 g/mol. The molecule has 6 nitrogen and oxygen atoms in total. The van der Waals surface area contributed by atoms with Crippen molar-refractivity contribution in [3.63, 3.8) is 0 Å². The maximum atomic E-state index is 12.7. The summed E-state index contributed by atoms with van der Waals surface area (Å²) in [5.41, 5.74) is 1.90. The van der Waals surface area contributed by atoms with E-state index in [1.54, 1.807) is 36.4 Å². The van der Waals surface area contributed by atoms with Gasteiger partial charge in [-0.25, -0.2) is 0 Å². The first kappa shape index (κ1) is 23.2. The lowest BCUT2D eigenvalue weighted by atomic mass is 9.90. The number of amides is 2. The number of benzene rings is 3. The van der Waals surface area contributed by atoms with Crippen LogP contribution in [0.4, 0.5) is 5.69 Å². The van der Waals surface area contributed by atoms with Crippen molar-refractivity contribution < 1.29 is 19.5 Å². The van der Waals surface area contributed by atoms with Crippen molar-refractivity contribution in [1.29, 1.82) is 0 Å². The van der Waals surface area contributed by atoms with E-state index in [1.165, 1.54) is 6.07 Å². The predicted molar refractivity (Wildman–Crippen MR) is 131 cm³/mol. The summed E-state index contributed by atoms with van der Waals surface area (Å²) in [7, 11) is 0. The van der Waals surface area contributed by atoms with Crippen LogP contribution in [0.3, 0.4) is 0 Å². The Kier molecular flexibility index (Phi) is 7.38. The van der Waals surface area contributed by atoms with Gasteiger partial charge in [-0.2, -0.15) is 0 Å². The minimum atomic E-state index is -0.281. The van der Waals surface area contributed by atoms with E-state index >= 15 is 0 Å². The van der Waals surface area contributed by atoms with E-state index in [0.717, 1.165) is 19.3 Å². The van der Waals surface area contributed by atoms with Crippen molar-refractivity contribution >= 4 is 23.3 Å². The molecule has 34 heavy (non-hydrogen) atoms. The SMILES string of the molecule is O=C(Nc1ccc(C(=O)CCC2CCN(C(=O)c3ccccc3)CC2)c(O)c1)c1ccccc1. The van der Waals surface area contributed by atoms with Crippen LogP contribution in [-0.4, -0.2) is 40.7 Å².